The molecule has 0 radical (unpaired) electrons. The van der Waals surface area contributed by atoms with Gasteiger partial charge < -0.3 is 9.52 Å². The molecule has 1 aliphatic rings. The molecule has 1 aromatic rings. The Hall–Kier alpha value is -0.830. The third-order valence-electron chi connectivity index (χ3n) is 3.00. The van der Waals surface area contributed by atoms with Crippen molar-refractivity contribution in [1.29, 1.82) is 0 Å². The van der Waals surface area contributed by atoms with Gasteiger partial charge in [0, 0.05) is 5.92 Å². The molecule has 1 N–H and O–H groups in total. The van der Waals surface area contributed by atoms with Crippen LogP contribution in [0.1, 0.15) is 55.4 Å². The normalized spacial score (nSPS) is 18.7. The maximum Gasteiger partial charge on any atom is 0.220 e. The molecule has 0 unspecified atom stereocenters. The predicted molar refractivity (Wildman–Crippen MR) is 53.0 cm³/mol. The number of hydrogen-bond acceptors (Lipinski definition) is 3. The fourth-order valence-corrected chi connectivity index (χ4v) is 2.29. The van der Waals surface area contributed by atoms with Crippen LogP contribution in [0.3, 0.4) is 0 Å². The molecule has 0 bridgehead atoms. The van der Waals surface area contributed by atoms with Crippen molar-refractivity contribution in [2.45, 2.75) is 51.6 Å². The maximum atomic E-state index is 8.92. The molecule has 1 saturated carbocycles. The highest BCUT2D eigenvalue weighted by atomic mass is 16.4. The zero-order valence-corrected chi connectivity index (χ0v) is 8.62. The van der Waals surface area contributed by atoms with Crippen molar-refractivity contribution in [3.05, 3.63) is 17.3 Å². The van der Waals surface area contributed by atoms with Crippen LogP contribution in [0.5, 0.6) is 0 Å². The van der Waals surface area contributed by atoms with Crippen molar-refractivity contribution < 1.29 is 9.52 Å². The van der Waals surface area contributed by atoms with Crippen molar-refractivity contribution in [2.24, 2.45) is 0 Å². The molecule has 0 aliphatic heterocycles. The fourth-order valence-electron chi connectivity index (χ4n) is 2.29. The first-order chi connectivity index (χ1) is 6.81. The Bertz CT molecular complexity index is 300. The number of nitrogens with zero attached hydrogens (tertiary/aromatic N) is 1. The average molecular weight is 195 g/mol. The minimum absolute atomic E-state index is 0.0897. The smallest absolute Gasteiger partial charge is 0.220 e. The first-order valence-corrected chi connectivity index (χ1v) is 5.38. The van der Waals surface area contributed by atoms with Crippen LogP contribution >= 0.6 is 0 Å². The van der Waals surface area contributed by atoms with Crippen LogP contribution in [0.25, 0.3) is 0 Å². The van der Waals surface area contributed by atoms with E-state index in [1.54, 1.807) is 0 Å². The number of rotatable bonds is 2. The summed E-state index contributed by atoms with van der Waals surface area (Å²) in [5, 5.41) is 8.92. The lowest BCUT2D eigenvalue weighted by Gasteiger charge is -2.19. The fraction of sp³-hybridized carbons (Fsp3) is 0.727. The standard InChI is InChI=1S/C11H17NO2/c1-8-11(12-10(7-13)14-8)9-5-3-2-4-6-9/h9,13H,2-7H2,1H3. The van der Waals surface area contributed by atoms with Gasteiger partial charge in [0.25, 0.3) is 0 Å². The summed E-state index contributed by atoms with van der Waals surface area (Å²) in [7, 11) is 0. The summed E-state index contributed by atoms with van der Waals surface area (Å²) < 4.78 is 5.36. The summed E-state index contributed by atoms with van der Waals surface area (Å²) in [5.41, 5.74) is 1.08. The second kappa shape index (κ2) is 4.13. The summed E-state index contributed by atoms with van der Waals surface area (Å²) in [6, 6.07) is 0. The Morgan fingerprint density at radius 3 is 2.64 bits per heavy atom. The van der Waals surface area contributed by atoms with Crippen molar-refractivity contribution in [3.63, 3.8) is 0 Å². The molecule has 3 nitrogen and oxygen atoms in total. The Morgan fingerprint density at radius 2 is 2.07 bits per heavy atom. The van der Waals surface area contributed by atoms with E-state index in [9.17, 15) is 0 Å². The van der Waals surface area contributed by atoms with Gasteiger partial charge in [0.1, 0.15) is 12.4 Å². The van der Waals surface area contributed by atoms with Gasteiger partial charge in [-0.1, -0.05) is 19.3 Å². The van der Waals surface area contributed by atoms with E-state index < -0.39 is 0 Å². The Kier molecular flexibility index (Phi) is 2.87. The number of oxazole rings is 1. The molecule has 0 amide bonds. The maximum absolute atomic E-state index is 8.92. The number of hydrogen-bond donors (Lipinski definition) is 1. The first-order valence-electron chi connectivity index (χ1n) is 5.38. The quantitative estimate of drug-likeness (QED) is 0.788. The summed E-state index contributed by atoms with van der Waals surface area (Å²) >= 11 is 0. The lowest BCUT2D eigenvalue weighted by molar-refractivity contribution is 0.238. The highest BCUT2D eigenvalue weighted by molar-refractivity contribution is 5.14. The van der Waals surface area contributed by atoms with Gasteiger partial charge in [-0.05, 0) is 19.8 Å². The van der Waals surface area contributed by atoms with Gasteiger partial charge in [0.2, 0.25) is 5.89 Å². The van der Waals surface area contributed by atoms with E-state index >= 15 is 0 Å². The molecule has 0 spiro atoms. The third-order valence-corrected chi connectivity index (χ3v) is 3.00. The van der Waals surface area contributed by atoms with E-state index in [0.717, 1.165) is 11.5 Å². The van der Waals surface area contributed by atoms with Crippen molar-refractivity contribution >= 4 is 0 Å². The highest BCUT2D eigenvalue weighted by Gasteiger charge is 2.21. The van der Waals surface area contributed by atoms with Gasteiger partial charge in [-0.2, -0.15) is 0 Å². The average Bonchev–Trinajstić information content (AvgIpc) is 2.61. The van der Waals surface area contributed by atoms with Crippen LogP contribution in [0.4, 0.5) is 0 Å². The first kappa shape index (κ1) is 9.71. The minimum atomic E-state index is -0.0897. The van der Waals surface area contributed by atoms with Gasteiger partial charge >= 0.3 is 0 Å². The Morgan fingerprint density at radius 1 is 1.36 bits per heavy atom. The summed E-state index contributed by atoms with van der Waals surface area (Å²) in [6.45, 7) is 1.85. The van der Waals surface area contributed by atoms with E-state index in [0.29, 0.717) is 11.8 Å². The molecule has 1 aromatic heterocycles. The van der Waals surface area contributed by atoms with Crippen molar-refractivity contribution in [2.75, 3.05) is 0 Å². The molecule has 14 heavy (non-hydrogen) atoms. The lowest BCUT2D eigenvalue weighted by Crippen LogP contribution is -2.06. The monoisotopic (exact) mass is 195 g/mol. The second-order valence-corrected chi connectivity index (χ2v) is 4.04. The number of aromatic nitrogens is 1. The summed E-state index contributed by atoms with van der Waals surface area (Å²) in [4.78, 5) is 4.34. The van der Waals surface area contributed by atoms with Crippen LogP contribution in [-0.2, 0) is 6.61 Å². The van der Waals surface area contributed by atoms with Crippen LogP contribution in [-0.4, -0.2) is 10.1 Å². The van der Waals surface area contributed by atoms with Crippen molar-refractivity contribution in [3.8, 4) is 0 Å². The molecule has 1 fully saturated rings. The highest BCUT2D eigenvalue weighted by Crippen LogP contribution is 2.33. The van der Waals surface area contributed by atoms with Crippen LogP contribution in [0, 0.1) is 6.92 Å². The third kappa shape index (κ3) is 1.82. The van der Waals surface area contributed by atoms with E-state index in [1.807, 2.05) is 6.92 Å². The SMILES string of the molecule is Cc1oc(CO)nc1C1CCCCC1. The van der Waals surface area contributed by atoms with Gasteiger partial charge in [0.05, 0.1) is 5.69 Å². The van der Waals surface area contributed by atoms with E-state index in [-0.39, 0.29) is 6.61 Å². The summed E-state index contributed by atoms with van der Waals surface area (Å²) in [6.07, 6.45) is 6.38. The molecule has 0 aromatic carbocycles. The zero-order chi connectivity index (χ0) is 9.97. The predicted octanol–water partition coefficient (Wildman–Crippen LogP) is 2.52. The van der Waals surface area contributed by atoms with E-state index in [4.69, 9.17) is 9.52 Å². The molecular weight excluding hydrogens is 178 g/mol. The molecule has 0 atom stereocenters. The van der Waals surface area contributed by atoms with Crippen LogP contribution in [0.2, 0.25) is 0 Å². The van der Waals surface area contributed by atoms with Gasteiger partial charge in [-0.25, -0.2) is 4.98 Å². The van der Waals surface area contributed by atoms with E-state index in [1.165, 1.54) is 32.1 Å². The van der Waals surface area contributed by atoms with Crippen LogP contribution < -0.4 is 0 Å². The summed E-state index contributed by atoms with van der Waals surface area (Å²) in [5.74, 6) is 1.91. The van der Waals surface area contributed by atoms with Crippen LogP contribution in [0.15, 0.2) is 4.42 Å². The number of aryl methyl sites for hydroxylation is 1. The Balaban J connectivity index is 2.17. The lowest BCUT2D eigenvalue weighted by atomic mass is 9.86. The number of aliphatic hydroxyl groups excluding tert-OH is 1. The molecule has 78 valence electrons. The second-order valence-electron chi connectivity index (χ2n) is 4.04. The largest absolute Gasteiger partial charge is 0.443 e. The molecular formula is C11H17NO2. The molecule has 1 heterocycles. The minimum Gasteiger partial charge on any atom is -0.443 e. The molecule has 3 heteroatoms. The molecule has 1 aliphatic carbocycles. The number of aliphatic hydroxyl groups is 1. The van der Waals surface area contributed by atoms with Crippen molar-refractivity contribution in [1.82, 2.24) is 4.98 Å². The van der Waals surface area contributed by atoms with Gasteiger partial charge in [-0.3, -0.25) is 0 Å². The molecule has 2 rings (SSSR count). The zero-order valence-electron chi connectivity index (χ0n) is 8.62. The Labute approximate surface area is 84.2 Å². The van der Waals surface area contributed by atoms with Gasteiger partial charge in [-0.15, -0.1) is 0 Å². The van der Waals surface area contributed by atoms with Gasteiger partial charge in [0.15, 0.2) is 0 Å². The van der Waals surface area contributed by atoms with E-state index in [2.05, 4.69) is 4.98 Å². The molecule has 0 saturated heterocycles. The topological polar surface area (TPSA) is 46.3 Å².